The van der Waals surface area contributed by atoms with E-state index in [1.807, 2.05) is 31.2 Å². The summed E-state index contributed by atoms with van der Waals surface area (Å²) in [5.74, 6) is -0.271. The highest BCUT2D eigenvalue weighted by molar-refractivity contribution is 6.02. The molecule has 1 amide bonds. The third-order valence-corrected chi connectivity index (χ3v) is 3.16. The number of para-hydroxylation sites is 1. The molecule has 0 aromatic heterocycles. The van der Waals surface area contributed by atoms with Crippen molar-refractivity contribution in [2.24, 2.45) is 0 Å². The monoisotopic (exact) mass is 296 g/mol. The zero-order valence-electron chi connectivity index (χ0n) is 12.2. The predicted molar refractivity (Wildman–Crippen MR) is 86.6 cm³/mol. The number of aryl methyl sites for hydroxylation is 1. The smallest absolute Gasteiger partial charge is 0.270 e. The van der Waals surface area contributed by atoms with E-state index in [1.165, 1.54) is 18.2 Å². The largest absolute Gasteiger partial charge is 0.322 e. The van der Waals surface area contributed by atoms with E-state index in [2.05, 4.69) is 5.32 Å². The molecule has 0 bridgehead atoms. The number of hydrogen-bond acceptors (Lipinski definition) is 3. The SMILES string of the molecule is CCc1ccccc1NC(=O)/C=C/c1cccc([N+](=O)[O-])c1. The van der Waals surface area contributed by atoms with Crippen LogP contribution >= 0.6 is 0 Å². The quantitative estimate of drug-likeness (QED) is 0.518. The van der Waals surface area contributed by atoms with E-state index in [4.69, 9.17) is 0 Å². The van der Waals surface area contributed by atoms with Gasteiger partial charge in [-0.05, 0) is 29.7 Å². The number of non-ortho nitro benzene ring substituents is 1. The molecule has 0 fully saturated rings. The fourth-order valence-corrected chi connectivity index (χ4v) is 2.04. The van der Waals surface area contributed by atoms with Gasteiger partial charge in [0.1, 0.15) is 0 Å². The van der Waals surface area contributed by atoms with Crippen LogP contribution in [0.25, 0.3) is 6.08 Å². The molecule has 0 heterocycles. The van der Waals surface area contributed by atoms with Gasteiger partial charge < -0.3 is 5.32 Å². The van der Waals surface area contributed by atoms with Crippen LogP contribution in [0.3, 0.4) is 0 Å². The Morgan fingerprint density at radius 3 is 2.73 bits per heavy atom. The van der Waals surface area contributed by atoms with E-state index in [0.29, 0.717) is 5.56 Å². The third-order valence-electron chi connectivity index (χ3n) is 3.16. The lowest BCUT2D eigenvalue weighted by Gasteiger charge is -2.07. The lowest BCUT2D eigenvalue weighted by atomic mass is 10.1. The van der Waals surface area contributed by atoms with Gasteiger partial charge in [0.05, 0.1) is 4.92 Å². The summed E-state index contributed by atoms with van der Waals surface area (Å²) in [5, 5.41) is 13.5. The van der Waals surface area contributed by atoms with Crippen LogP contribution < -0.4 is 5.32 Å². The van der Waals surface area contributed by atoms with Gasteiger partial charge in [-0.1, -0.05) is 37.3 Å². The maximum Gasteiger partial charge on any atom is 0.270 e. The standard InChI is InChI=1S/C17H16N2O3/c1-2-14-7-3-4-9-16(14)18-17(20)11-10-13-6-5-8-15(12-13)19(21)22/h3-12H,2H2,1H3,(H,18,20)/b11-10+. The van der Waals surface area contributed by atoms with E-state index >= 15 is 0 Å². The van der Waals surface area contributed by atoms with Crippen LogP contribution in [0.1, 0.15) is 18.1 Å². The van der Waals surface area contributed by atoms with Crippen molar-refractivity contribution in [2.45, 2.75) is 13.3 Å². The molecule has 2 aromatic rings. The minimum absolute atomic E-state index is 0.00103. The van der Waals surface area contributed by atoms with Crippen molar-refractivity contribution >= 4 is 23.4 Å². The van der Waals surface area contributed by atoms with Gasteiger partial charge in [-0.3, -0.25) is 14.9 Å². The van der Waals surface area contributed by atoms with Crippen LogP contribution in [-0.4, -0.2) is 10.8 Å². The van der Waals surface area contributed by atoms with Crippen LogP contribution in [0.15, 0.2) is 54.6 Å². The molecule has 1 N–H and O–H groups in total. The van der Waals surface area contributed by atoms with Gasteiger partial charge in [0.15, 0.2) is 0 Å². The minimum atomic E-state index is -0.463. The molecule has 0 saturated heterocycles. The summed E-state index contributed by atoms with van der Waals surface area (Å²) >= 11 is 0. The van der Waals surface area contributed by atoms with Gasteiger partial charge >= 0.3 is 0 Å². The van der Waals surface area contributed by atoms with Crippen molar-refractivity contribution in [3.63, 3.8) is 0 Å². The number of anilines is 1. The van der Waals surface area contributed by atoms with Gasteiger partial charge in [0.25, 0.3) is 5.69 Å². The molecule has 0 saturated carbocycles. The molecule has 5 heteroatoms. The highest BCUT2D eigenvalue weighted by Crippen LogP contribution is 2.16. The zero-order chi connectivity index (χ0) is 15.9. The first-order valence-electron chi connectivity index (χ1n) is 6.91. The molecule has 5 nitrogen and oxygen atoms in total. The zero-order valence-corrected chi connectivity index (χ0v) is 12.2. The van der Waals surface area contributed by atoms with Crippen molar-refractivity contribution in [1.29, 1.82) is 0 Å². The van der Waals surface area contributed by atoms with E-state index in [-0.39, 0.29) is 11.6 Å². The van der Waals surface area contributed by atoms with Crippen LogP contribution in [0, 0.1) is 10.1 Å². The van der Waals surface area contributed by atoms with Gasteiger partial charge in [-0.25, -0.2) is 0 Å². The van der Waals surface area contributed by atoms with Gasteiger partial charge in [-0.15, -0.1) is 0 Å². The Kier molecular flexibility index (Phi) is 5.03. The normalized spacial score (nSPS) is 10.6. The number of hydrogen-bond donors (Lipinski definition) is 1. The van der Waals surface area contributed by atoms with Crippen LogP contribution in [0.2, 0.25) is 0 Å². The van der Waals surface area contributed by atoms with Crippen LogP contribution in [0.4, 0.5) is 11.4 Å². The van der Waals surface area contributed by atoms with Crippen molar-refractivity contribution < 1.29 is 9.72 Å². The molecule has 2 rings (SSSR count). The van der Waals surface area contributed by atoms with Gasteiger partial charge in [0.2, 0.25) is 5.91 Å². The topological polar surface area (TPSA) is 72.2 Å². The highest BCUT2D eigenvalue weighted by Gasteiger charge is 2.05. The first kappa shape index (κ1) is 15.4. The Morgan fingerprint density at radius 1 is 1.23 bits per heavy atom. The number of nitrogens with one attached hydrogen (secondary N) is 1. The van der Waals surface area contributed by atoms with Crippen LogP contribution in [-0.2, 0) is 11.2 Å². The lowest BCUT2D eigenvalue weighted by Crippen LogP contribution is -2.09. The molecule has 0 aliphatic heterocycles. The molecule has 0 spiro atoms. The summed E-state index contributed by atoms with van der Waals surface area (Å²) in [6.45, 7) is 2.02. The number of carbonyl (C=O) groups is 1. The Bertz CT molecular complexity index is 723. The summed E-state index contributed by atoms with van der Waals surface area (Å²) in [4.78, 5) is 22.2. The van der Waals surface area contributed by atoms with Crippen molar-refractivity contribution in [2.75, 3.05) is 5.32 Å². The van der Waals surface area contributed by atoms with Gasteiger partial charge in [-0.2, -0.15) is 0 Å². The Balaban J connectivity index is 2.08. The molecule has 2 aromatic carbocycles. The number of amides is 1. The Hall–Kier alpha value is -2.95. The summed E-state index contributed by atoms with van der Waals surface area (Å²) in [7, 11) is 0. The predicted octanol–water partition coefficient (Wildman–Crippen LogP) is 3.81. The average molecular weight is 296 g/mol. The van der Waals surface area contributed by atoms with E-state index in [9.17, 15) is 14.9 Å². The summed E-state index contributed by atoms with van der Waals surface area (Å²) in [6.07, 6.45) is 3.74. The number of benzene rings is 2. The average Bonchev–Trinajstić information content (AvgIpc) is 2.53. The van der Waals surface area contributed by atoms with Crippen molar-refractivity contribution in [3.8, 4) is 0 Å². The summed E-state index contributed by atoms with van der Waals surface area (Å²) in [5.41, 5.74) is 2.44. The maximum atomic E-state index is 11.9. The van der Waals surface area contributed by atoms with E-state index in [0.717, 1.165) is 17.7 Å². The number of nitro benzene ring substituents is 1. The lowest BCUT2D eigenvalue weighted by molar-refractivity contribution is -0.384. The number of nitro groups is 1. The van der Waals surface area contributed by atoms with Gasteiger partial charge in [0, 0.05) is 23.9 Å². The fraction of sp³-hybridized carbons (Fsp3) is 0.118. The second-order valence-corrected chi connectivity index (χ2v) is 4.69. The molecule has 0 unspecified atom stereocenters. The van der Waals surface area contributed by atoms with E-state index < -0.39 is 4.92 Å². The molecular formula is C17H16N2O3. The maximum absolute atomic E-state index is 11.9. The highest BCUT2D eigenvalue weighted by atomic mass is 16.6. The molecule has 22 heavy (non-hydrogen) atoms. The fourth-order valence-electron chi connectivity index (χ4n) is 2.04. The molecule has 0 atom stereocenters. The molecular weight excluding hydrogens is 280 g/mol. The summed E-state index contributed by atoms with van der Waals surface area (Å²) in [6, 6.07) is 13.7. The number of carbonyl (C=O) groups excluding carboxylic acids is 1. The third kappa shape index (κ3) is 4.02. The number of nitrogens with zero attached hydrogens (tertiary/aromatic N) is 1. The Morgan fingerprint density at radius 2 is 2.00 bits per heavy atom. The first-order chi connectivity index (χ1) is 10.6. The van der Waals surface area contributed by atoms with Crippen LogP contribution in [0.5, 0.6) is 0 Å². The minimum Gasteiger partial charge on any atom is -0.322 e. The first-order valence-corrected chi connectivity index (χ1v) is 6.91. The second kappa shape index (κ2) is 7.17. The van der Waals surface area contributed by atoms with E-state index in [1.54, 1.807) is 18.2 Å². The van der Waals surface area contributed by atoms with Crippen molar-refractivity contribution in [1.82, 2.24) is 0 Å². The Labute approximate surface area is 128 Å². The molecule has 0 aliphatic carbocycles. The molecule has 112 valence electrons. The van der Waals surface area contributed by atoms with Crippen molar-refractivity contribution in [3.05, 3.63) is 75.8 Å². The summed E-state index contributed by atoms with van der Waals surface area (Å²) < 4.78 is 0. The number of rotatable bonds is 5. The second-order valence-electron chi connectivity index (χ2n) is 4.69. The molecule has 0 aliphatic rings. The molecule has 0 radical (unpaired) electrons.